The summed E-state index contributed by atoms with van der Waals surface area (Å²) in [6.07, 6.45) is -0.773. The molecule has 3 amide bonds. The Bertz CT molecular complexity index is 2590. The molecule has 1 aliphatic rings. The largest absolute Gasteiger partial charge is 0.489 e. The number of alkyl halides is 3. The van der Waals surface area contributed by atoms with E-state index in [0.29, 0.717) is 57.0 Å². The SMILES string of the molecule is CC(C)C1C(=O)NCCc2ccc(OCc3ccc(CNC(=O)COCCOCCOCCn4cc(C(=O)NCc5nc(-c6cc7ccccc7n6CC(F)(F)F)no5)cn4)cc3)cc2N1C. The maximum absolute atomic E-state index is 13.4. The van der Waals surface area contributed by atoms with Crippen LogP contribution in [-0.2, 0) is 63.0 Å². The molecule has 0 radical (unpaired) electrons. The molecule has 6 aromatic rings. The van der Waals surface area contributed by atoms with E-state index in [0.717, 1.165) is 39.1 Å². The van der Waals surface area contributed by atoms with Crippen LogP contribution in [-0.4, -0.2) is 108 Å². The minimum atomic E-state index is -4.47. The number of nitrogens with zero attached hydrogens (tertiary/aromatic N) is 6. The van der Waals surface area contributed by atoms with Crippen LogP contribution < -0.4 is 25.6 Å². The van der Waals surface area contributed by atoms with Gasteiger partial charge < -0.3 is 48.9 Å². The number of hydrogen-bond acceptors (Lipinski definition) is 12. The molecule has 17 nitrogen and oxygen atoms in total. The Hall–Kier alpha value is -6.77. The second-order valence-corrected chi connectivity index (χ2v) is 16.3. The fraction of sp³-hybridized carbons (Fsp3) is 0.404. The topological polar surface area (TPSA) is 189 Å². The molecule has 3 aromatic carbocycles. The number of rotatable bonds is 22. The summed E-state index contributed by atoms with van der Waals surface area (Å²) in [6, 6.07) is 21.8. The van der Waals surface area contributed by atoms with Crippen molar-refractivity contribution >= 4 is 34.3 Å². The van der Waals surface area contributed by atoms with Gasteiger partial charge >= 0.3 is 6.18 Å². The van der Waals surface area contributed by atoms with E-state index in [1.54, 1.807) is 41.2 Å². The number of ether oxygens (including phenoxy) is 4. The van der Waals surface area contributed by atoms with E-state index in [1.165, 1.54) is 6.20 Å². The van der Waals surface area contributed by atoms with Crippen LogP contribution in [0.5, 0.6) is 5.75 Å². The fourth-order valence-electron chi connectivity index (χ4n) is 7.65. The first-order valence-corrected chi connectivity index (χ1v) is 21.9. The Morgan fingerprint density at radius 1 is 0.925 bits per heavy atom. The van der Waals surface area contributed by atoms with Crippen LogP contribution in [0.2, 0.25) is 0 Å². The minimum Gasteiger partial charge on any atom is -0.489 e. The maximum atomic E-state index is 13.4. The monoisotopic (exact) mass is 929 g/mol. The summed E-state index contributed by atoms with van der Waals surface area (Å²) in [6.45, 7) is 5.77. The summed E-state index contributed by atoms with van der Waals surface area (Å²) in [7, 11) is 1.95. The molecule has 1 atom stereocenters. The molecule has 0 saturated heterocycles. The average molecular weight is 930 g/mol. The van der Waals surface area contributed by atoms with Gasteiger partial charge in [0.15, 0.2) is 0 Å². The van der Waals surface area contributed by atoms with Crippen LogP contribution in [0.25, 0.3) is 22.4 Å². The van der Waals surface area contributed by atoms with Crippen molar-refractivity contribution in [1.29, 1.82) is 0 Å². The van der Waals surface area contributed by atoms with Gasteiger partial charge in [-0.1, -0.05) is 67.5 Å². The zero-order valence-corrected chi connectivity index (χ0v) is 37.5. The Morgan fingerprint density at radius 2 is 1.67 bits per heavy atom. The molecule has 67 heavy (non-hydrogen) atoms. The second kappa shape index (κ2) is 22.6. The molecule has 0 saturated carbocycles. The second-order valence-electron chi connectivity index (χ2n) is 16.3. The molecule has 0 bridgehead atoms. The van der Waals surface area contributed by atoms with E-state index >= 15 is 0 Å². The highest BCUT2D eigenvalue weighted by molar-refractivity contribution is 5.93. The number of fused-ring (bicyclic) bond motifs is 2. The van der Waals surface area contributed by atoms with Crippen molar-refractivity contribution < 1.29 is 51.0 Å². The van der Waals surface area contributed by atoms with E-state index in [4.69, 9.17) is 23.5 Å². The highest BCUT2D eigenvalue weighted by Gasteiger charge is 2.32. The molecule has 7 rings (SSSR count). The van der Waals surface area contributed by atoms with Crippen LogP contribution >= 0.6 is 0 Å². The molecule has 3 N–H and O–H groups in total. The highest BCUT2D eigenvalue weighted by atomic mass is 19.4. The van der Waals surface area contributed by atoms with Crippen molar-refractivity contribution in [3.05, 3.63) is 113 Å². The summed E-state index contributed by atoms with van der Waals surface area (Å²) in [5.41, 5.74) is 4.88. The molecule has 0 spiro atoms. The Labute approximate surface area is 384 Å². The number of hydrogen-bond donors (Lipinski definition) is 3. The van der Waals surface area contributed by atoms with Crippen molar-refractivity contribution in [1.82, 2.24) is 40.4 Å². The Morgan fingerprint density at radius 3 is 2.45 bits per heavy atom. The molecule has 3 aromatic heterocycles. The summed E-state index contributed by atoms with van der Waals surface area (Å²) in [4.78, 5) is 44.1. The summed E-state index contributed by atoms with van der Waals surface area (Å²) in [5.74, 6) is 0.189. The van der Waals surface area contributed by atoms with Gasteiger partial charge in [0, 0.05) is 49.0 Å². The van der Waals surface area contributed by atoms with Crippen LogP contribution in [0, 0.1) is 5.92 Å². The number of likely N-dealkylation sites (N-methyl/N-ethyl adjacent to an activating group) is 1. The van der Waals surface area contributed by atoms with Crippen LogP contribution in [0.3, 0.4) is 0 Å². The molecule has 356 valence electrons. The van der Waals surface area contributed by atoms with E-state index in [-0.39, 0.29) is 73.1 Å². The lowest BCUT2D eigenvalue weighted by Crippen LogP contribution is -2.50. The number of aromatic nitrogens is 5. The van der Waals surface area contributed by atoms with Crippen LogP contribution in [0.15, 0.2) is 89.7 Å². The predicted octanol–water partition coefficient (Wildman–Crippen LogP) is 5.46. The van der Waals surface area contributed by atoms with Gasteiger partial charge in [-0.3, -0.25) is 19.1 Å². The third-order valence-electron chi connectivity index (χ3n) is 10.9. The predicted molar refractivity (Wildman–Crippen MR) is 240 cm³/mol. The van der Waals surface area contributed by atoms with Gasteiger partial charge in [-0.05, 0) is 47.2 Å². The van der Waals surface area contributed by atoms with Gasteiger partial charge in [0.2, 0.25) is 23.5 Å². The van der Waals surface area contributed by atoms with Crippen molar-refractivity contribution in [3.63, 3.8) is 0 Å². The normalized spacial score (nSPS) is 14.2. The number of amides is 3. The van der Waals surface area contributed by atoms with E-state index in [2.05, 4.69) is 37.3 Å². The van der Waals surface area contributed by atoms with Crippen molar-refractivity contribution in [2.75, 3.05) is 58.1 Å². The lowest BCUT2D eigenvalue weighted by atomic mass is 9.97. The molecular formula is C47H54F3N9O8. The third-order valence-corrected chi connectivity index (χ3v) is 10.9. The first-order chi connectivity index (χ1) is 32.3. The van der Waals surface area contributed by atoms with Gasteiger partial charge in [0.05, 0.1) is 63.6 Å². The number of nitrogens with one attached hydrogen (secondary N) is 3. The van der Waals surface area contributed by atoms with Gasteiger partial charge in [-0.2, -0.15) is 23.3 Å². The van der Waals surface area contributed by atoms with Gasteiger partial charge in [-0.15, -0.1) is 0 Å². The van der Waals surface area contributed by atoms with Crippen molar-refractivity contribution in [2.24, 2.45) is 5.92 Å². The molecular weight excluding hydrogens is 876 g/mol. The number of benzene rings is 3. The molecule has 0 fully saturated rings. The Balaban J connectivity index is 0.718. The van der Waals surface area contributed by atoms with Gasteiger partial charge in [0.1, 0.15) is 31.5 Å². The summed E-state index contributed by atoms with van der Waals surface area (Å²) in [5, 5.41) is 17.2. The number of carbonyl (C=O) groups excluding carboxylic acids is 3. The fourth-order valence-corrected chi connectivity index (χ4v) is 7.65. The maximum Gasteiger partial charge on any atom is 0.406 e. The highest BCUT2D eigenvalue weighted by Crippen LogP contribution is 2.32. The molecule has 1 unspecified atom stereocenters. The standard InChI is InChI=1S/C47H54F3N9O8/c1-31(2)43-46(62)51-15-14-34-12-13-37(23-39(34)57(43)3)66-28-33-10-8-32(9-11-33)24-52-41(60)29-65-21-20-64-19-18-63-17-16-58-27-36(25-54-58)45(61)53-26-42-55-44(56-67-42)40-22-35-6-4-5-7-38(35)59(40)30-47(48,49)50/h4-13,22-23,25,27,31,43H,14-21,24,26,28-30H2,1-3H3,(H,51,62)(H,52,60)(H,53,61). The summed E-state index contributed by atoms with van der Waals surface area (Å²) < 4.78 is 70.7. The van der Waals surface area contributed by atoms with E-state index in [9.17, 15) is 27.6 Å². The average Bonchev–Trinajstić information content (AvgIpc) is 4.06. The molecule has 0 aliphatic carbocycles. The first kappa shape index (κ1) is 48.2. The Kier molecular flexibility index (Phi) is 16.3. The number of anilines is 1. The van der Waals surface area contributed by atoms with Crippen molar-refractivity contribution in [2.45, 2.75) is 65.3 Å². The zero-order chi connectivity index (χ0) is 47.3. The smallest absolute Gasteiger partial charge is 0.406 e. The molecule has 1 aliphatic heterocycles. The van der Waals surface area contributed by atoms with E-state index < -0.39 is 18.6 Å². The minimum absolute atomic E-state index is 0.0197. The van der Waals surface area contributed by atoms with Gasteiger partial charge in [-0.25, -0.2) is 0 Å². The lowest BCUT2D eigenvalue weighted by Gasteiger charge is -2.35. The van der Waals surface area contributed by atoms with Gasteiger partial charge in [0.25, 0.3) is 5.91 Å². The first-order valence-electron chi connectivity index (χ1n) is 21.9. The number of halogens is 3. The van der Waals surface area contributed by atoms with Crippen LogP contribution in [0.4, 0.5) is 18.9 Å². The molecule has 20 heteroatoms. The lowest BCUT2D eigenvalue weighted by molar-refractivity contribution is -0.139. The van der Waals surface area contributed by atoms with Crippen LogP contribution in [0.1, 0.15) is 46.8 Å². The zero-order valence-electron chi connectivity index (χ0n) is 37.5. The number of para-hydroxylation sites is 1. The van der Waals surface area contributed by atoms with E-state index in [1.807, 2.05) is 62.2 Å². The quantitative estimate of drug-likeness (QED) is 0.0731. The van der Waals surface area contributed by atoms with Crippen molar-refractivity contribution in [3.8, 4) is 17.3 Å². The summed E-state index contributed by atoms with van der Waals surface area (Å²) >= 11 is 0. The third kappa shape index (κ3) is 13.4. The number of carbonyl (C=O) groups is 3. The molecule has 4 heterocycles.